The zero-order valence-electron chi connectivity index (χ0n) is 7.64. The van der Waals surface area contributed by atoms with Crippen LogP contribution in [0, 0.1) is 0 Å². The van der Waals surface area contributed by atoms with Crippen LogP contribution in [0.3, 0.4) is 0 Å². The Morgan fingerprint density at radius 2 is 1.92 bits per heavy atom. The minimum absolute atomic E-state index is 0.0851. The topological polar surface area (TPSA) is 68.2 Å². The Kier molecular flexibility index (Phi) is 2.08. The fraction of sp³-hybridized carbons (Fsp3) is 1.00. The van der Waals surface area contributed by atoms with Crippen LogP contribution >= 0.6 is 0 Å². The number of ether oxygens (including phenoxy) is 3. The molecule has 2 rings (SSSR count). The van der Waals surface area contributed by atoms with E-state index in [1.54, 1.807) is 13.8 Å². The van der Waals surface area contributed by atoms with Gasteiger partial charge in [0, 0.05) is 0 Å². The molecule has 13 heavy (non-hydrogen) atoms. The van der Waals surface area contributed by atoms with Crippen molar-refractivity contribution in [3.8, 4) is 0 Å². The smallest absolute Gasteiger partial charge is 0.189 e. The van der Waals surface area contributed by atoms with Crippen molar-refractivity contribution in [2.75, 3.05) is 6.61 Å². The summed E-state index contributed by atoms with van der Waals surface area (Å²) in [6.07, 6.45) is -2.97. The van der Waals surface area contributed by atoms with Gasteiger partial charge in [-0.25, -0.2) is 0 Å². The van der Waals surface area contributed by atoms with Crippen molar-refractivity contribution in [3.63, 3.8) is 0 Å². The van der Waals surface area contributed by atoms with Crippen LogP contribution in [0.15, 0.2) is 0 Å². The molecule has 0 aromatic rings. The average molecular weight is 190 g/mol. The van der Waals surface area contributed by atoms with Gasteiger partial charge in [0.15, 0.2) is 12.1 Å². The third-order valence-electron chi connectivity index (χ3n) is 2.25. The second kappa shape index (κ2) is 2.90. The number of aliphatic hydroxyl groups excluding tert-OH is 2. The highest BCUT2D eigenvalue weighted by Gasteiger charge is 2.50. The van der Waals surface area contributed by atoms with Gasteiger partial charge in [-0.3, -0.25) is 0 Å². The molecule has 5 heteroatoms. The molecule has 0 aliphatic carbocycles. The van der Waals surface area contributed by atoms with Crippen LogP contribution in [0.25, 0.3) is 0 Å². The number of rotatable bonds is 0. The maximum Gasteiger partial charge on any atom is 0.189 e. The average Bonchev–Trinajstić information content (AvgIpc) is 2.34. The highest BCUT2D eigenvalue weighted by molar-refractivity contribution is 4.89. The fourth-order valence-electron chi connectivity index (χ4n) is 1.63. The molecule has 0 aromatic heterocycles. The third-order valence-corrected chi connectivity index (χ3v) is 2.25. The first-order valence-electron chi connectivity index (χ1n) is 4.33. The Balaban J connectivity index is 2.11. The first-order chi connectivity index (χ1) is 5.99. The Labute approximate surface area is 76.2 Å². The lowest BCUT2D eigenvalue weighted by molar-refractivity contribution is -0.217. The van der Waals surface area contributed by atoms with Crippen molar-refractivity contribution in [3.05, 3.63) is 0 Å². The summed E-state index contributed by atoms with van der Waals surface area (Å²) in [5.41, 5.74) is 0. The van der Waals surface area contributed by atoms with Crippen molar-refractivity contribution in [2.24, 2.45) is 0 Å². The highest BCUT2D eigenvalue weighted by Crippen LogP contribution is 2.33. The third kappa shape index (κ3) is 1.58. The summed E-state index contributed by atoms with van der Waals surface area (Å²) in [6, 6.07) is 0. The van der Waals surface area contributed by atoms with E-state index in [0.717, 1.165) is 0 Å². The first kappa shape index (κ1) is 9.36. The first-order valence-corrected chi connectivity index (χ1v) is 4.33. The van der Waals surface area contributed by atoms with E-state index in [1.807, 2.05) is 0 Å². The molecule has 0 unspecified atom stereocenters. The second-order valence-corrected chi connectivity index (χ2v) is 3.86. The van der Waals surface area contributed by atoms with Gasteiger partial charge in [0.1, 0.15) is 18.3 Å². The van der Waals surface area contributed by atoms with Gasteiger partial charge in [0.25, 0.3) is 0 Å². The lowest BCUT2D eigenvalue weighted by Gasteiger charge is -2.31. The molecule has 2 fully saturated rings. The lowest BCUT2D eigenvalue weighted by atomic mass is 10.1. The summed E-state index contributed by atoms with van der Waals surface area (Å²) in [5, 5.41) is 18.8. The summed E-state index contributed by atoms with van der Waals surface area (Å²) in [5.74, 6) is -0.750. The molecule has 2 heterocycles. The van der Waals surface area contributed by atoms with Gasteiger partial charge >= 0.3 is 0 Å². The SMILES string of the molecule is CC1(C)O[C@@H]2OC[C@@H](O)[C@@H](O)[C@@H]2O1. The van der Waals surface area contributed by atoms with Gasteiger partial charge in [-0.1, -0.05) is 0 Å². The van der Waals surface area contributed by atoms with Gasteiger partial charge in [0.05, 0.1) is 6.61 Å². The van der Waals surface area contributed by atoms with E-state index in [1.165, 1.54) is 0 Å². The molecule has 5 nitrogen and oxygen atoms in total. The molecule has 2 aliphatic rings. The van der Waals surface area contributed by atoms with Crippen LogP contribution in [0.2, 0.25) is 0 Å². The minimum Gasteiger partial charge on any atom is -0.388 e. The minimum atomic E-state index is -0.930. The van der Waals surface area contributed by atoms with E-state index in [2.05, 4.69) is 0 Å². The molecule has 0 aromatic carbocycles. The molecule has 76 valence electrons. The quantitative estimate of drug-likeness (QED) is 0.524. The van der Waals surface area contributed by atoms with Gasteiger partial charge in [-0.2, -0.15) is 0 Å². The zero-order chi connectivity index (χ0) is 9.64. The number of hydrogen-bond donors (Lipinski definition) is 2. The monoisotopic (exact) mass is 190 g/mol. The molecule has 0 spiro atoms. The second-order valence-electron chi connectivity index (χ2n) is 3.86. The van der Waals surface area contributed by atoms with Crippen LogP contribution in [0.4, 0.5) is 0 Å². The predicted molar refractivity (Wildman–Crippen MR) is 41.8 cm³/mol. The summed E-state index contributed by atoms with van der Waals surface area (Å²) >= 11 is 0. The summed E-state index contributed by atoms with van der Waals surface area (Å²) in [4.78, 5) is 0. The van der Waals surface area contributed by atoms with Gasteiger partial charge < -0.3 is 24.4 Å². The molecular weight excluding hydrogens is 176 g/mol. The van der Waals surface area contributed by atoms with E-state index in [9.17, 15) is 10.2 Å². The fourth-order valence-corrected chi connectivity index (χ4v) is 1.63. The lowest BCUT2D eigenvalue weighted by Crippen LogP contribution is -2.51. The van der Waals surface area contributed by atoms with Crippen molar-refractivity contribution in [2.45, 2.75) is 44.2 Å². The number of hydrogen-bond acceptors (Lipinski definition) is 5. The van der Waals surface area contributed by atoms with Gasteiger partial charge in [-0.05, 0) is 13.8 Å². The van der Waals surface area contributed by atoms with Crippen molar-refractivity contribution >= 4 is 0 Å². The number of aliphatic hydroxyl groups is 2. The van der Waals surface area contributed by atoms with Crippen molar-refractivity contribution in [1.82, 2.24) is 0 Å². The molecule has 4 atom stereocenters. The Morgan fingerprint density at radius 3 is 2.62 bits per heavy atom. The molecule has 0 saturated carbocycles. The van der Waals surface area contributed by atoms with Crippen LogP contribution in [-0.2, 0) is 14.2 Å². The standard InChI is InChI=1S/C8H14O5/c1-8(2)12-6-5(10)4(9)3-11-7(6)13-8/h4-7,9-10H,3H2,1-2H3/t4-,5-,6+,7+/m1/s1. The largest absolute Gasteiger partial charge is 0.388 e. The van der Waals surface area contributed by atoms with E-state index in [-0.39, 0.29) is 6.61 Å². The highest BCUT2D eigenvalue weighted by atomic mass is 16.8. The molecule has 2 N–H and O–H groups in total. The van der Waals surface area contributed by atoms with E-state index < -0.39 is 30.4 Å². The normalized spacial score (nSPS) is 48.9. The van der Waals surface area contributed by atoms with Crippen LogP contribution < -0.4 is 0 Å². The molecule has 0 radical (unpaired) electrons. The van der Waals surface area contributed by atoms with Gasteiger partial charge in [-0.15, -0.1) is 0 Å². The summed E-state index contributed by atoms with van der Waals surface area (Å²) < 4.78 is 15.9. The van der Waals surface area contributed by atoms with Crippen LogP contribution in [-0.4, -0.2) is 47.2 Å². The summed E-state index contributed by atoms with van der Waals surface area (Å²) in [7, 11) is 0. The molecular formula is C8H14O5. The van der Waals surface area contributed by atoms with E-state index in [4.69, 9.17) is 14.2 Å². The Bertz CT molecular complexity index is 205. The van der Waals surface area contributed by atoms with E-state index >= 15 is 0 Å². The molecule has 2 aliphatic heterocycles. The summed E-state index contributed by atoms with van der Waals surface area (Å²) in [6.45, 7) is 3.57. The molecule has 0 amide bonds. The van der Waals surface area contributed by atoms with Gasteiger partial charge in [0.2, 0.25) is 0 Å². The van der Waals surface area contributed by atoms with Crippen molar-refractivity contribution < 1.29 is 24.4 Å². The van der Waals surface area contributed by atoms with Crippen molar-refractivity contribution in [1.29, 1.82) is 0 Å². The molecule has 2 saturated heterocycles. The maximum atomic E-state index is 9.55. The Hall–Kier alpha value is -0.200. The number of fused-ring (bicyclic) bond motifs is 1. The zero-order valence-corrected chi connectivity index (χ0v) is 7.64. The Morgan fingerprint density at radius 1 is 1.23 bits per heavy atom. The molecule has 0 bridgehead atoms. The van der Waals surface area contributed by atoms with E-state index in [0.29, 0.717) is 0 Å². The maximum absolute atomic E-state index is 9.55. The van der Waals surface area contributed by atoms with Crippen LogP contribution in [0.1, 0.15) is 13.8 Å². The predicted octanol–water partition coefficient (Wildman–Crippen LogP) is -0.784. The van der Waals surface area contributed by atoms with Crippen LogP contribution in [0.5, 0.6) is 0 Å².